The van der Waals surface area contributed by atoms with Gasteiger partial charge in [-0.2, -0.15) is 0 Å². The lowest BCUT2D eigenvalue weighted by Crippen LogP contribution is -2.65. The number of carbonyl (C=O) groups is 1. The number of aliphatic hydroxyl groups excluding tert-OH is 8. The number of aliphatic hydroxyl groups is 9. The molecule has 0 aromatic rings. The van der Waals surface area contributed by atoms with E-state index < -0.39 is 104 Å². The molecule has 5 fully saturated rings. The van der Waals surface area contributed by atoms with Gasteiger partial charge in [-0.15, -0.1) is 5.73 Å². The Morgan fingerprint density at radius 2 is 1.31 bits per heavy atom. The maximum absolute atomic E-state index is 11.7. The van der Waals surface area contributed by atoms with Crippen molar-refractivity contribution in [2.75, 3.05) is 13.2 Å². The number of aldehydes is 1. The Bertz CT molecular complexity index is 1990. The van der Waals surface area contributed by atoms with Crippen LogP contribution >= 0.6 is 0 Å². The van der Waals surface area contributed by atoms with Gasteiger partial charge >= 0.3 is 0 Å². The number of allylic oxidation sites excluding steroid dienone is 14. The summed E-state index contributed by atoms with van der Waals surface area (Å²) in [7, 11) is 0. The van der Waals surface area contributed by atoms with Crippen LogP contribution in [0.1, 0.15) is 101 Å². The number of carbonyl (C=O) groups excluding carboxylic acids is 1. The number of rotatable bonds is 17. The quantitative estimate of drug-likeness (QED) is 0.0331. The first-order valence-corrected chi connectivity index (χ1v) is 23.4. The van der Waals surface area contributed by atoms with Gasteiger partial charge in [-0.3, -0.25) is 4.79 Å². The average molecular weight is 941 g/mol. The Labute approximate surface area is 395 Å². The molecular formula is C52H76O15. The molecule has 5 rings (SSSR count). The molecule has 15 heteroatoms. The van der Waals surface area contributed by atoms with Crippen molar-refractivity contribution in [3.8, 4) is 0 Å². The third-order valence-corrected chi connectivity index (χ3v) is 14.1. The minimum atomic E-state index is -1.76. The SMILES string of the molecule is C\C(C=C=C1C(C)(C)C[C@H](O)C[C@@]1(C)O)=C/C=C/C(C=O)=C/C=C/C=C(C)/C=C/C=C(\C)CC[C@@]12O[C@]1(C)C[C@@H](O[C@@H]1O[C@H](CO)[C@@H](O[C@@H]3O[C@H](CO)[C@H](O)[C@H](O)[C@H]3O)[C@H](O)[C@H]1O)CC2(C)C. The van der Waals surface area contributed by atoms with Gasteiger partial charge in [0.2, 0.25) is 0 Å². The summed E-state index contributed by atoms with van der Waals surface area (Å²) in [4.78, 5) is 11.7. The lowest BCUT2D eigenvalue weighted by Gasteiger charge is -2.47. The fraction of sp³-hybridized carbons (Fsp3) is 0.654. The number of hydrogen-bond acceptors (Lipinski definition) is 15. The molecular weight excluding hydrogens is 865 g/mol. The zero-order chi connectivity index (χ0) is 49.7. The molecule has 15 atom stereocenters. The Balaban J connectivity index is 1.10. The Hall–Kier alpha value is -3.19. The van der Waals surface area contributed by atoms with Gasteiger partial charge in [-0.25, -0.2) is 0 Å². The highest BCUT2D eigenvalue weighted by atomic mass is 16.7. The van der Waals surface area contributed by atoms with Crippen molar-refractivity contribution in [1.29, 1.82) is 0 Å². The molecule has 5 aliphatic rings. The second-order valence-corrected chi connectivity index (χ2v) is 20.8. The molecule has 0 bridgehead atoms. The number of hydrogen-bond donors (Lipinski definition) is 9. The first-order chi connectivity index (χ1) is 31.3. The van der Waals surface area contributed by atoms with E-state index in [9.17, 15) is 50.8 Å². The number of fused-ring (bicyclic) bond motifs is 1. The summed E-state index contributed by atoms with van der Waals surface area (Å²) >= 11 is 0. The van der Waals surface area contributed by atoms with Crippen LogP contribution < -0.4 is 0 Å². The standard InChI is InChI=1S/C52H76O15/c1-31(14-10-11-18-34(28-53)19-13-17-32(2)20-21-39-48(4,5)24-35(56)25-50(39,8)62)15-12-16-33(3)22-23-52-49(6,7)26-36(27-51(52,9)67-52)63-46-44(61)42(59)45(38(30-55)65-46)66-47-43(60)41(58)40(57)37(29-54)64-47/h10-20,28,35-38,40-47,54-62H,22-27,29-30H2,1-9H3/b11-10+,15-12+,19-13+,31-14+,32-17+,33-16+,34-18-/t21?,35-,36-,37+,38+,40-,41-,42+,43+,44+,45+,46+,47-,50+,51+,52-/m0/s1. The van der Waals surface area contributed by atoms with Gasteiger partial charge in [-0.05, 0) is 82.8 Å². The van der Waals surface area contributed by atoms with Crippen LogP contribution in [-0.2, 0) is 28.5 Å². The lowest BCUT2D eigenvalue weighted by atomic mass is 9.61. The molecule has 15 nitrogen and oxygen atoms in total. The molecule has 0 unspecified atom stereocenters. The van der Waals surface area contributed by atoms with Crippen molar-refractivity contribution < 1.29 is 74.4 Å². The molecule has 0 aromatic carbocycles. The second kappa shape index (κ2) is 22.3. The van der Waals surface area contributed by atoms with Gasteiger partial charge in [0, 0.05) is 24.0 Å². The highest BCUT2D eigenvalue weighted by Gasteiger charge is 2.75. The Kier molecular flexibility index (Phi) is 18.2. The van der Waals surface area contributed by atoms with Crippen molar-refractivity contribution in [3.63, 3.8) is 0 Å². The molecule has 0 amide bonds. The molecule has 0 radical (unpaired) electrons. The van der Waals surface area contributed by atoms with Gasteiger partial charge in [0.25, 0.3) is 0 Å². The van der Waals surface area contributed by atoms with E-state index in [2.05, 4.69) is 39.5 Å². The highest BCUT2D eigenvalue weighted by Crippen LogP contribution is 2.68. The molecule has 3 heterocycles. The first kappa shape index (κ1) is 54.7. The predicted octanol–water partition coefficient (Wildman–Crippen LogP) is 3.77. The van der Waals surface area contributed by atoms with E-state index in [4.69, 9.17) is 23.7 Å². The largest absolute Gasteiger partial charge is 0.394 e. The van der Waals surface area contributed by atoms with Crippen molar-refractivity contribution in [3.05, 3.63) is 100 Å². The van der Waals surface area contributed by atoms with Crippen molar-refractivity contribution >= 4 is 6.29 Å². The molecule has 9 N–H and O–H groups in total. The summed E-state index contributed by atoms with van der Waals surface area (Å²) in [5.41, 5.74) is 4.81. The number of epoxide rings is 1. The molecule has 0 spiro atoms. The van der Waals surface area contributed by atoms with Crippen molar-refractivity contribution in [1.82, 2.24) is 0 Å². The van der Waals surface area contributed by atoms with Gasteiger partial charge in [0.05, 0.1) is 36.6 Å². The molecule has 3 saturated heterocycles. The van der Waals surface area contributed by atoms with Crippen LogP contribution in [0.4, 0.5) is 0 Å². The van der Waals surface area contributed by atoms with E-state index >= 15 is 0 Å². The van der Waals surface area contributed by atoms with Crippen LogP contribution in [0.2, 0.25) is 0 Å². The van der Waals surface area contributed by atoms with Crippen LogP contribution in [0.15, 0.2) is 100 Å². The minimum Gasteiger partial charge on any atom is -0.394 e. The Morgan fingerprint density at radius 3 is 1.96 bits per heavy atom. The topological polar surface area (TPSA) is 249 Å². The van der Waals surface area contributed by atoms with Gasteiger partial charge in [-0.1, -0.05) is 99.6 Å². The van der Waals surface area contributed by atoms with Crippen LogP contribution in [0.5, 0.6) is 0 Å². The monoisotopic (exact) mass is 941 g/mol. The van der Waals surface area contributed by atoms with Crippen LogP contribution in [0, 0.1) is 10.8 Å². The maximum atomic E-state index is 11.7. The second-order valence-electron chi connectivity index (χ2n) is 20.8. The van der Waals surface area contributed by atoms with Crippen LogP contribution in [0.25, 0.3) is 0 Å². The molecule has 67 heavy (non-hydrogen) atoms. The lowest BCUT2D eigenvalue weighted by molar-refractivity contribution is -0.363. The third-order valence-electron chi connectivity index (χ3n) is 14.1. The smallest absolute Gasteiger partial charge is 0.187 e. The zero-order valence-corrected chi connectivity index (χ0v) is 40.5. The van der Waals surface area contributed by atoms with Gasteiger partial charge in [0.1, 0.15) is 60.7 Å². The molecule has 3 aliphatic heterocycles. The molecule has 0 aromatic heterocycles. The molecule has 374 valence electrons. The summed E-state index contributed by atoms with van der Waals surface area (Å²) in [6.07, 6.45) is 8.70. The normalized spacial score (nSPS) is 40.6. The van der Waals surface area contributed by atoms with Crippen molar-refractivity contribution in [2.45, 2.75) is 191 Å². The summed E-state index contributed by atoms with van der Waals surface area (Å²) < 4.78 is 29.9. The zero-order valence-electron chi connectivity index (χ0n) is 40.5. The minimum absolute atomic E-state index is 0.276. The fourth-order valence-corrected chi connectivity index (χ4v) is 10.6. The van der Waals surface area contributed by atoms with Crippen LogP contribution in [-0.4, -0.2) is 156 Å². The summed E-state index contributed by atoms with van der Waals surface area (Å²) in [6, 6.07) is 0. The summed E-state index contributed by atoms with van der Waals surface area (Å²) in [5, 5.41) is 93.8. The van der Waals surface area contributed by atoms with E-state index in [0.29, 0.717) is 24.8 Å². The first-order valence-electron chi connectivity index (χ1n) is 23.4. The summed E-state index contributed by atoms with van der Waals surface area (Å²) in [6.45, 7) is 16.7. The van der Waals surface area contributed by atoms with E-state index in [0.717, 1.165) is 35.8 Å². The maximum Gasteiger partial charge on any atom is 0.187 e. The Morgan fingerprint density at radius 1 is 0.701 bits per heavy atom. The van der Waals surface area contributed by atoms with E-state index in [1.165, 1.54) is 5.57 Å². The van der Waals surface area contributed by atoms with Gasteiger partial charge in [0.15, 0.2) is 12.6 Å². The van der Waals surface area contributed by atoms with E-state index in [-0.39, 0.29) is 17.3 Å². The average Bonchev–Trinajstić information content (AvgIpc) is 3.88. The van der Waals surface area contributed by atoms with E-state index in [1.54, 1.807) is 25.2 Å². The highest BCUT2D eigenvalue weighted by molar-refractivity contribution is 5.78. The van der Waals surface area contributed by atoms with Crippen LogP contribution in [0.3, 0.4) is 0 Å². The predicted molar refractivity (Wildman–Crippen MR) is 250 cm³/mol. The number of ether oxygens (including phenoxy) is 5. The molecule has 2 aliphatic carbocycles. The third kappa shape index (κ3) is 12.8. The van der Waals surface area contributed by atoms with E-state index in [1.807, 2.05) is 70.2 Å². The molecule has 2 saturated carbocycles. The van der Waals surface area contributed by atoms with Gasteiger partial charge < -0.3 is 69.6 Å². The summed E-state index contributed by atoms with van der Waals surface area (Å²) in [5.74, 6) is 0. The van der Waals surface area contributed by atoms with Crippen molar-refractivity contribution in [2.24, 2.45) is 10.8 Å². The fourth-order valence-electron chi connectivity index (χ4n) is 10.6.